The Hall–Kier alpha value is -4.43. The van der Waals surface area contributed by atoms with Crippen molar-refractivity contribution in [2.45, 2.75) is 20.3 Å². The zero-order chi connectivity index (χ0) is 26.5. The second-order valence-corrected chi connectivity index (χ2v) is 8.45. The van der Waals surface area contributed by atoms with Crippen LogP contribution in [0.5, 0.6) is 0 Å². The quantitative estimate of drug-likeness (QED) is 0.317. The molecule has 2 N–H and O–H groups in total. The Labute approximate surface area is 218 Å². The van der Waals surface area contributed by atoms with E-state index >= 15 is 0 Å². The molecule has 1 aliphatic rings. The van der Waals surface area contributed by atoms with E-state index < -0.39 is 17.8 Å². The highest BCUT2D eigenvalue weighted by atomic mass is 35.5. The Kier molecular flexibility index (Phi) is 7.69. The molecule has 1 heterocycles. The number of hydrogen-bond donors (Lipinski definition) is 2. The van der Waals surface area contributed by atoms with Crippen LogP contribution in [0.3, 0.4) is 0 Å². The summed E-state index contributed by atoms with van der Waals surface area (Å²) >= 11 is 6.25. The maximum absolute atomic E-state index is 13.1. The summed E-state index contributed by atoms with van der Waals surface area (Å²) in [6, 6.07) is 19.9. The normalized spacial score (nSPS) is 13.1. The molecule has 188 valence electrons. The summed E-state index contributed by atoms with van der Waals surface area (Å²) in [5.41, 5.74) is 3.07. The number of anilines is 3. The van der Waals surface area contributed by atoms with Crippen molar-refractivity contribution in [2.24, 2.45) is 0 Å². The standard InChI is InChI=1S/C28H24ClN3O5/c1-3-17-7-5-6-8-22(17)32-26(34)23(29)24(27(32)35)30-20-13-9-18(10-14-20)25(33)31-21-15-11-19(12-16-21)28(36)37-4-2/h5-16,30H,3-4H2,1-2H3,(H,31,33). The Balaban J connectivity index is 1.44. The number of carbonyl (C=O) groups excluding carboxylic acids is 4. The highest BCUT2D eigenvalue weighted by molar-refractivity contribution is 6.53. The molecule has 0 aliphatic carbocycles. The van der Waals surface area contributed by atoms with Crippen LogP contribution in [0, 0.1) is 0 Å². The number of esters is 1. The summed E-state index contributed by atoms with van der Waals surface area (Å²) in [5, 5.41) is 5.46. The molecule has 4 rings (SSSR count). The molecule has 0 fully saturated rings. The van der Waals surface area contributed by atoms with E-state index in [1.165, 1.54) is 0 Å². The van der Waals surface area contributed by atoms with Gasteiger partial charge in [0.1, 0.15) is 10.7 Å². The first kappa shape index (κ1) is 25.7. The van der Waals surface area contributed by atoms with Gasteiger partial charge in [0.2, 0.25) is 0 Å². The predicted molar refractivity (Wildman–Crippen MR) is 142 cm³/mol. The number of carbonyl (C=O) groups is 4. The molecule has 0 spiro atoms. The summed E-state index contributed by atoms with van der Waals surface area (Å²) < 4.78 is 4.95. The van der Waals surface area contributed by atoms with Gasteiger partial charge in [-0.3, -0.25) is 14.4 Å². The monoisotopic (exact) mass is 517 g/mol. The molecule has 3 amide bonds. The van der Waals surface area contributed by atoms with E-state index in [1.807, 2.05) is 19.1 Å². The number of rotatable bonds is 8. The van der Waals surface area contributed by atoms with Crippen molar-refractivity contribution in [3.63, 3.8) is 0 Å². The number of ether oxygens (including phenoxy) is 1. The molecule has 0 aromatic heterocycles. The van der Waals surface area contributed by atoms with Crippen LogP contribution in [-0.4, -0.2) is 30.3 Å². The lowest BCUT2D eigenvalue weighted by atomic mass is 10.1. The summed E-state index contributed by atoms with van der Waals surface area (Å²) in [7, 11) is 0. The highest BCUT2D eigenvalue weighted by Crippen LogP contribution is 2.32. The summed E-state index contributed by atoms with van der Waals surface area (Å²) in [4.78, 5) is 51.3. The van der Waals surface area contributed by atoms with Gasteiger partial charge in [-0.1, -0.05) is 36.7 Å². The van der Waals surface area contributed by atoms with Crippen LogP contribution in [-0.2, 0) is 20.7 Å². The molecule has 0 saturated carbocycles. The van der Waals surface area contributed by atoms with E-state index in [0.717, 1.165) is 10.5 Å². The highest BCUT2D eigenvalue weighted by Gasteiger charge is 2.39. The molecule has 37 heavy (non-hydrogen) atoms. The molecule has 0 radical (unpaired) electrons. The van der Waals surface area contributed by atoms with Gasteiger partial charge < -0.3 is 15.4 Å². The first-order chi connectivity index (χ1) is 17.8. The fourth-order valence-corrected chi connectivity index (χ4v) is 4.03. The number of para-hydroxylation sites is 1. The molecule has 9 heteroatoms. The number of nitrogens with one attached hydrogen (secondary N) is 2. The van der Waals surface area contributed by atoms with E-state index in [2.05, 4.69) is 10.6 Å². The third-order valence-electron chi connectivity index (χ3n) is 5.71. The van der Waals surface area contributed by atoms with Gasteiger partial charge in [0.05, 0.1) is 17.9 Å². The number of imide groups is 1. The van der Waals surface area contributed by atoms with Gasteiger partial charge in [-0.05, 0) is 73.5 Å². The zero-order valence-electron chi connectivity index (χ0n) is 20.2. The number of benzene rings is 3. The Morgan fingerprint density at radius 1 is 0.838 bits per heavy atom. The fourth-order valence-electron chi connectivity index (χ4n) is 3.81. The maximum Gasteiger partial charge on any atom is 0.338 e. The van der Waals surface area contributed by atoms with Crippen molar-refractivity contribution in [3.8, 4) is 0 Å². The molecular weight excluding hydrogens is 494 g/mol. The van der Waals surface area contributed by atoms with Crippen LogP contribution in [0.2, 0.25) is 0 Å². The van der Waals surface area contributed by atoms with Crippen LogP contribution in [0.25, 0.3) is 0 Å². The van der Waals surface area contributed by atoms with Crippen molar-refractivity contribution in [1.29, 1.82) is 0 Å². The Morgan fingerprint density at radius 2 is 1.46 bits per heavy atom. The fraction of sp³-hybridized carbons (Fsp3) is 0.143. The van der Waals surface area contributed by atoms with Gasteiger partial charge in [0.15, 0.2) is 0 Å². The molecule has 8 nitrogen and oxygen atoms in total. The number of hydrogen-bond acceptors (Lipinski definition) is 6. The van der Waals surface area contributed by atoms with E-state index in [1.54, 1.807) is 67.6 Å². The van der Waals surface area contributed by atoms with E-state index in [-0.39, 0.29) is 23.2 Å². The summed E-state index contributed by atoms with van der Waals surface area (Å²) in [5.74, 6) is -1.94. The van der Waals surface area contributed by atoms with Gasteiger partial charge in [-0.2, -0.15) is 0 Å². The minimum atomic E-state index is -0.597. The lowest BCUT2D eigenvalue weighted by Crippen LogP contribution is -2.33. The lowest BCUT2D eigenvalue weighted by Gasteiger charge is -2.18. The number of aryl methyl sites for hydroxylation is 1. The molecule has 0 atom stereocenters. The second-order valence-electron chi connectivity index (χ2n) is 8.07. The van der Waals surface area contributed by atoms with E-state index in [0.29, 0.717) is 34.6 Å². The Bertz CT molecular complexity index is 1400. The van der Waals surface area contributed by atoms with Crippen molar-refractivity contribution in [3.05, 3.63) is 100 Å². The maximum atomic E-state index is 13.1. The van der Waals surface area contributed by atoms with Crippen LogP contribution < -0.4 is 15.5 Å². The van der Waals surface area contributed by atoms with Crippen molar-refractivity contribution in [2.75, 3.05) is 22.1 Å². The van der Waals surface area contributed by atoms with E-state index in [4.69, 9.17) is 16.3 Å². The average Bonchev–Trinajstić information content (AvgIpc) is 3.12. The van der Waals surface area contributed by atoms with Crippen LogP contribution in [0.15, 0.2) is 83.5 Å². The smallest absolute Gasteiger partial charge is 0.338 e. The molecule has 0 bridgehead atoms. The minimum Gasteiger partial charge on any atom is -0.462 e. The minimum absolute atomic E-state index is 0.0311. The van der Waals surface area contributed by atoms with Crippen LogP contribution in [0.4, 0.5) is 17.1 Å². The summed E-state index contributed by atoms with van der Waals surface area (Å²) in [6.45, 7) is 3.95. The van der Waals surface area contributed by atoms with Crippen molar-refractivity contribution < 1.29 is 23.9 Å². The second kappa shape index (κ2) is 11.1. The topological polar surface area (TPSA) is 105 Å². The number of nitrogens with zero attached hydrogens (tertiary/aromatic N) is 1. The third-order valence-corrected chi connectivity index (χ3v) is 6.06. The molecule has 3 aromatic rings. The Morgan fingerprint density at radius 3 is 2.11 bits per heavy atom. The molecule has 0 saturated heterocycles. The predicted octanol–water partition coefficient (Wildman–Crippen LogP) is 5.11. The van der Waals surface area contributed by atoms with Crippen LogP contribution in [0.1, 0.15) is 40.1 Å². The first-order valence-electron chi connectivity index (χ1n) is 11.7. The van der Waals surface area contributed by atoms with Gasteiger partial charge >= 0.3 is 5.97 Å². The SMILES string of the molecule is CCOC(=O)c1ccc(NC(=O)c2ccc(NC3=C(Cl)C(=O)N(c4ccccc4CC)C3=O)cc2)cc1. The number of halogens is 1. The van der Waals surface area contributed by atoms with Gasteiger partial charge in [-0.25, -0.2) is 9.69 Å². The van der Waals surface area contributed by atoms with E-state index in [9.17, 15) is 19.2 Å². The third kappa shape index (κ3) is 5.39. The van der Waals surface area contributed by atoms with Crippen molar-refractivity contribution >= 4 is 52.4 Å². The molecule has 0 unspecified atom stereocenters. The van der Waals surface area contributed by atoms with Gasteiger partial charge in [-0.15, -0.1) is 0 Å². The van der Waals surface area contributed by atoms with Crippen LogP contribution >= 0.6 is 11.6 Å². The molecule has 3 aromatic carbocycles. The first-order valence-corrected chi connectivity index (χ1v) is 12.0. The van der Waals surface area contributed by atoms with Gasteiger partial charge in [0, 0.05) is 16.9 Å². The average molecular weight is 518 g/mol. The van der Waals surface area contributed by atoms with Gasteiger partial charge in [0.25, 0.3) is 17.7 Å². The summed E-state index contributed by atoms with van der Waals surface area (Å²) in [6.07, 6.45) is 0.646. The van der Waals surface area contributed by atoms with Crippen molar-refractivity contribution in [1.82, 2.24) is 0 Å². The zero-order valence-corrected chi connectivity index (χ0v) is 21.0. The lowest BCUT2D eigenvalue weighted by molar-refractivity contribution is -0.120. The number of amides is 3. The molecular formula is C28H24ClN3O5. The largest absolute Gasteiger partial charge is 0.462 e. The molecule has 1 aliphatic heterocycles.